The van der Waals surface area contributed by atoms with Crippen molar-refractivity contribution >= 4 is 17.6 Å². The van der Waals surface area contributed by atoms with Gasteiger partial charge >= 0.3 is 5.97 Å². The Hall–Kier alpha value is -2.38. The van der Waals surface area contributed by atoms with E-state index in [-0.39, 0.29) is 24.8 Å². The average Bonchev–Trinajstić information content (AvgIpc) is 2.72. The van der Waals surface area contributed by atoms with E-state index in [9.17, 15) is 14.4 Å². The highest BCUT2D eigenvalue weighted by atomic mass is 35.5. The molecule has 28 heavy (non-hydrogen) atoms. The summed E-state index contributed by atoms with van der Waals surface area (Å²) in [5, 5.41) is 8.58. The van der Waals surface area contributed by atoms with Crippen molar-refractivity contribution in [3.63, 3.8) is 0 Å². The van der Waals surface area contributed by atoms with E-state index in [0.717, 1.165) is 37.7 Å². The molecule has 0 bridgehead atoms. The third kappa shape index (κ3) is 5.11. The van der Waals surface area contributed by atoms with Crippen LogP contribution in [-0.4, -0.2) is 11.3 Å². The van der Waals surface area contributed by atoms with E-state index in [1.165, 1.54) is 6.07 Å². The standard InChI is InChI=1S/C23H23ClFNO2/c24-20(23(27)28-15-16-7-3-1-4-8-16)12-17-11-19(14-26)22(21(25)13-17)18-9-5-2-6-10-18/h1,3-4,7-8,11,13,18,20H,2,5-6,9-10,12,15H2. The van der Waals surface area contributed by atoms with Crippen LogP contribution in [0.25, 0.3) is 0 Å². The molecule has 1 fully saturated rings. The van der Waals surface area contributed by atoms with Gasteiger partial charge in [-0.05, 0) is 48.4 Å². The average molecular weight is 400 g/mol. The number of benzene rings is 2. The van der Waals surface area contributed by atoms with Crippen LogP contribution in [-0.2, 0) is 22.6 Å². The maximum Gasteiger partial charge on any atom is 0.324 e. The SMILES string of the molecule is N#Cc1cc(CC(Cl)C(=O)OCc2ccccc2)cc(F)c1C1CCCCC1. The molecular weight excluding hydrogens is 377 g/mol. The van der Waals surface area contributed by atoms with Gasteiger partial charge in [0.1, 0.15) is 17.8 Å². The number of rotatable bonds is 6. The van der Waals surface area contributed by atoms with E-state index in [1.807, 2.05) is 30.3 Å². The van der Waals surface area contributed by atoms with Crippen molar-refractivity contribution in [1.29, 1.82) is 5.26 Å². The number of halogens is 2. The Kier molecular flexibility index (Phi) is 7.06. The molecule has 0 saturated heterocycles. The van der Waals surface area contributed by atoms with E-state index < -0.39 is 11.3 Å². The molecule has 2 aromatic rings. The fraction of sp³-hybridized carbons (Fsp3) is 0.391. The number of nitriles is 1. The largest absolute Gasteiger partial charge is 0.460 e. The third-order valence-electron chi connectivity index (χ3n) is 5.22. The molecule has 0 aliphatic heterocycles. The van der Waals surface area contributed by atoms with Gasteiger partial charge < -0.3 is 4.74 Å². The number of nitrogens with zero attached hydrogens (tertiary/aromatic N) is 1. The minimum atomic E-state index is -0.935. The van der Waals surface area contributed by atoms with Crippen LogP contribution in [0.15, 0.2) is 42.5 Å². The maximum atomic E-state index is 14.8. The first-order valence-electron chi connectivity index (χ1n) is 9.65. The molecule has 1 aliphatic carbocycles. The van der Waals surface area contributed by atoms with Crippen LogP contribution < -0.4 is 0 Å². The van der Waals surface area contributed by atoms with Crippen LogP contribution in [0.3, 0.4) is 0 Å². The Balaban J connectivity index is 1.67. The molecule has 0 N–H and O–H groups in total. The fourth-order valence-electron chi connectivity index (χ4n) is 3.80. The van der Waals surface area contributed by atoms with Gasteiger partial charge in [-0.1, -0.05) is 49.6 Å². The molecule has 1 unspecified atom stereocenters. The molecule has 0 amide bonds. The highest BCUT2D eigenvalue weighted by molar-refractivity contribution is 6.30. The molecule has 1 aliphatic rings. The van der Waals surface area contributed by atoms with Crippen molar-refractivity contribution in [2.75, 3.05) is 0 Å². The van der Waals surface area contributed by atoms with Gasteiger partial charge in [-0.2, -0.15) is 5.26 Å². The summed E-state index contributed by atoms with van der Waals surface area (Å²) in [5.41, 5.74) is 2.27. The normalized spacial score (nSPS) is 15.6. The Labute approximate surface area is 170 Å². The highest BCUT2D eigenvalue weighted by Crippen LogP contribution is 2.36. The third-order valence-corrected chi connectivity index (χ3v) is 5.55. The summed E-state index contributed by atoms with van der Waals surface area (Å²) in [7, 11) is 0. The van der Waals surface area contributed by atoms with Gasteiger partial charge in [-0.25, -0.2) is 4.39 Å². The van der Waals surface area contributed by atoms with Gasteiger partial charge in [-0.15, -0.1) is 11.6 Å². The molecule has 0 radical (unpaired) electrons. The molecule has 2 aromatic carbocycles. The zero-order chi connectivity index (χ0) is 19.9. The lowest BCUT2D eigenvalue weighted by molar-refractivity contribution is -0.144. The van der Waals surface area contributed by atoms with E-state index in [2.05, 4.69) is 6.07 Å². The quantitative estimate of drug-likeness (QED) is 0.466. The van der Waals surface area contributed by atoms with Crippen molar-refractivity contribution in [2.24, 2.45) is 0 Å². The molecule has 146 valence electrons. The molecular formula is C23H23ClFNO2. The first kappa shape index (κ1) is 20.4. The number of carbonyl (C=O) groups excluding carboxylic acids is 1. The minimum Gasteiger partial charge on any atom is -0.460 e. The second kappa shape index (κ2) is 9.71. The predicted molar refractivity (Wildman–Crippen MR) is 107 cm³/mol. The van der Waals surface area contributed by atoms with Crippen molar-refractivity contribution in [1.82, 2.24) is 0 Å². The number of carbonyl (C=O) groups is 1. The number of alkyl halides is 1. The molecule has 0 spiro atoms. The number of esters is 1. The molecule has 1 saturated carbocycles. The van der Waals surface area contributed by atoms with Crippen LogP contribution >= 0.6 is 11.6 Å². The summed E-state index contributed by atoms with van der Waals surface area (Å²) in [4.78, 5) is 12.2. The van der Waals surface area contributed by atoms with Crippen LogP contribution in [0.1, 0.15) is 60.3 Å². The van der Waals surface area contributed by atoms with Crippen molar-refractivity contribution < 1.29 is 13.9 Å². The van der Waals surface area contributed by atoms with Gasteiger partial charge in [-0.3, -0.25) is 4.79 Å². The van der Waals surface area contributed by atoms with Crippen LogP contribution in [0.5, 0.6) is 0 Å². The van der Waals surface area contributed by atoms with Crippen LogP contribution in [0, 0.1) is 17.1 Å². The Bertz CT molecular complexity index is 857. The maximum absolute atomic E-state index is 14.8. The Morgan fingerprint density at radius 3 is 2.57 bits per heavy atom. The summed E-state index contributed by atoms with van der Waals surface area (Å²) in [6.45, 7) is 0.140. The van der Waals surface area contributed by atoms with Crippen molar-refractivity contribution in [3.05, 3.63) is 70.5 Å². The molecule has 5 heteroatoms. The smallest absolute Gasteiger partial charge is 0.324 e. The summed E-state index contributed by atoms with van der Waals surface area (Å²) < 4.78 is 20.0. The molecule has 3 rings (SSSR count). The molecule has 0 aromatic heterocycles. The first-order valence-corrected chi connectivity index (χ1v) is 10.1. The lowest BCUT2D eigenvalue weighted by atomic mass is 9.81. The number of hydrogen-bond donors (Lipinski definition) is 0. The minimum absolute atomic E-state index is 0.0973. The molecule has 3 nitrogen and oxygen atoms in total. The number of hydrogen-bond acceptors (Lipinski definition) is 3. The van der Waals surface area contributed by atoms with Crippen LogP contribution in [0.2, 0.25) is 0 Å². The van der Waals surface area contributed by atoms with Gasteiger partial charge in [0.15, 0.2) is 0 Å². The summed E-state index contributed by atoms with van der Waals surface area (Å²) in [6, 6.07) is 14.5. The van der Waals surface area contributed by atoms with E-state index >= 15 is 0 Å². The van der Waals surface area contributed by atoms with E-state index in [4.69, 9.17) is 16.3 Å². The second-order valence-corrected chi connectivity index (χ2v) is 7.78. The van der Waals surface area contributed by atoms with Gasteiger partial charge in [0.25, 0.3) is 0 Å². The first-order chi connectivity index (χ1) is 13.6. The molecule has 0 heterocycles. The van der Waals surface area contributed by atoms with E-state index in [0.29, 0.717) is 16.7 Å². The monoisotopic (exact) mass is 399 g/mol. The van der Waals surface area contributed by atoms with Gasteiger partial charge in [0, 0.05) is 5.56 Å². The van der Waals surface area contributed by atoms with Gasteiger partial charge in [0.05, 0.1) is 11.6 Å². The zero-order valence-corrected chi connectivity index (χ0v) is 16.4. The predicted octanol–water partition coefficient (Wildman–Crippen LogP) is 5.64. The molecule has 1 atom stereocenters. The lowest BCUT2D eigenvalue weighted by Crippen LogP contribution is -2.20. The van der Waals surface area contributed by atoms with Crippen LogP contribution in [0.4, 0.5) is 4.39 Å². The fourth-order valence-corrected chi connectivity index (χ4v) is 4.04. The number of ether oxygens (including phenoxy) is 1. The summed E-state index contributed by atoms with van der Waals surface area (Å²) in [6.07, 6.45) is 5.23. The topological polar surface area (TPSA) is 50.1 Å². The van der Waals surface area contributed by atoms with Gasteiger partial charge in [0.2, 0.25) is 0 Å². The Morgan fingerprint density at radius 2 is 1.89 bits per heavy atom. The summed E-state index contributed by atoms with van der Waals surface area (Å²) >= 11 is 6.19. The zero-order valence-electron chi connectivity index (χ0n) is 15.7. The van der Waals surface area contributed by atoms with Crippen molar-refractivity contribution in [3.8, 4) is 6.07 Å². The van der Waals surface area contributed by atoms with Crippen molar-refractivity contribution in [2.45, 2.75) is 56.4 Å². The second-order valence-electron chi connectivity index (χ2n) is 7.25. The highest BCUT2D eigenvalue weighted by Gasteiger charge is 2.24. The Morgan fingerprint density at radius 1 is 1.18 bits per heavy atom. The lowest BCUT2D eigenvalue weighted by Gasteiger charge is -2.24. The summed E-state index contributed by atoms with van der Waals surface area (Å²) in [5.74, 6) is -0.830. The van der Waals surface area contributed by atoms with E-state index in [1.54, 1.807) is 6.07 Å².